The molecule has 3 nitrogen and oxygen atoms in total. The van der Waals surface area contributed by atoms with Crippen molar-refractivity contribution in [2.75, 3.05) is 19.1 Å². The SMILES string of the molecule is COc1ccc(N(C)C(C)C#N)c(C)c1C. The molecule has 1 aromatic rings. The van der Waals surface area contributed by atoms with E-state index in [4.69, 9.17) is 10.00 Å². The maximum atomic E-state index is 8.91. The fourth-order valence-corrected chi connectivity index (χ4v) is 1.68. The van der Waals surface area contributed by atoms with Gasteiger partial charge in [0, 0.05) is 12.7 Å². The maximum Gasteiger partial charge on any atom is 0.122 e. The average molecular weight is 218 g/mol. The zero-order valence-electron chi connectivity index (χ0n) is 10.5. The van der Waals surface area contributed by atoms with Gasteiger partial charge >= 0.3 is 0 Å². The zero-order valence-corrected chi connectivity index (χ0v) is 10.5. The zero-order chi connectivity index (χ0) is 12.3. The van der Waals surface area contributed by atoms with E-state index >= 15 is 0 Å². The molecule has 86 valence electrons. The minimum atomic E-state index is -0.133. The maximum absolute atomic E-state index is 8.91. The van der Waals surface area contributed by atoms with Crippen LogP contribution in [-0.2, 0) is 0 Å². The van der Waals surface area contributed by atoms with Gasteiger partial charge in [0.1, 0.15) is 11.8 Å². The van der Waals surface area contributed by atoms with Crippen LogP contribution < -0.4 is 9.64 Å². The number of hydrogen-bond acceptors (Lipinski definition) is 3. The van der Waals surface area contributed by atoms with Gasteiger partial charge in [-0.05, 0) is 44.0 Å². The van der Waals surface area contributed by atoms with Gasteiger partial charge in [0.25, 0.3) is 0 Å². The van der Waals surface area contributed by atoms with E-state index in [0.29, 0.717) is 0 Å². The van der Waals surface area contributed by atoms with E-state index in [-0.39, 0.29) is 6.04 Å². The molecule has 0 aromatic heterocycles. The number of nitriles is 1. The first-order chi connectivity index (χ1) is 7.52. The first kappa shape index (κ1) is 12.4. The summed E-state index contributed by atoms with van der Waals surface area (Å²) in [7, 11) is 3.60. The van der Waals surface area contributed by atoms with E-state index in [0.717, 1.165) is 22.6 Å². The van der Waals surface area contributed by atoms with Crippen LogP contribution in [0.4, 0.5) is 5.69 Å². The monoisotopic (exact) mass is 218 g/mol. The molecule has 0 fully saturated rings. The summed E-state index contributed by atoms with van der Waals surface area (Å²) >= 11 is 0. The van der Waals surface area contributed by atoms with Gasteiger partial charge < -0.3 is 9.64 Å². The smallest absolute Gasteiger partial charge is 0.122 e. The van der Waals surface area contributed by atoms with Crippen LogP contribution in [0.1, 0.15) is 18.1 Å². The lowest BCUT2D eigenvalue weighted by Gasteiger charge is -2.25. The highest BCUT2D eigenvalue weighted by atomic mass is 16.5. The number of ether oxygens (including phenoxy) is 1. The van der Waals surface area contributed by atoms with Crippen LogP contribution in [-0.4, -0.2) is 20.2 Å². The number of hydrogen-bond donors (Lipinski definition) is 0. The van der Waals surface area contributed by atoms with Crippen LogP contribution in [0.2, 0.25) is 0 Å². The molecule has 0 N–H and O–H groups in total. The molecule has 0 spiro atoms. The van der Waals surface area contributed by atoms with E-state index in [1.807, 2.05) is 44.9 Å². The van der Waals surface area contributed by atoms with Crippen molar-refractivity contribution < 1.29 is 4.74 Å². The second-order valence-corrected chi connectivity index (χ2v) is 3.95. The van der Waals surface area contributed by atoms with Gasteiger partial charge in [-0.2, -0.15) is 5.26 Å². The third-order valence-corrected chi connectivity index (χ3v) is 3.08. The Morgan fingerprint density at radius 1 is 1.31 bits per heavy atom. The molecule has 0 saturated carbocycles. The highest BCUT2D eigenvalue weighted by Crippen LogP contribution is 2.29. The van der Waals surface area contributed by atoms with Crippen LogP contribution in [0.5, 0.6) is 5.75 Å². The van der Waals surface area contributed by atoms with Crippen molar-refractivity contribution in [1.82, 2.24) is 0 Å². The predicted octanol–water partition coefficient (Wildman–Crippen LogP) is 2.66. The van der Waals surface area contributed by atoms with Crippen LogP contribution in [0.25, 0.3) is 0 Å². The van der Waals surface area contributed by atoms with Gasteiger partial charge in [-0.3, -0.25) is 0 Å². The van der Waals surface area contributed by atoms with Gasteiger partial charge in [-0.1, -0.05) is 0 Å². The minimum Gasteiger partial charge on any atom is -0.496 e. The first-order valence-corrected chi connectivity index (χ1v) is 5.29. The number of methoxy groups -OCH3 is 1. The van der Waals surface area contributed by atoms with E-state index in [1.54, 1.807) is 7.11 Å². The molecule has 0 bridgehead atoms. The van der Waals surface area contributed by atoms with Gasteiger partial charge in [0.05, 0.1) is 13.2 Å². The molecule has 0 aliphatic rings. The lowest BCUT2D eigenvalue weighted by molar-refractivity contribution is 0.411. The fraction of sp³-hybridized carbons (Fsp3) is 0.462. The molecule has 16 heavy (non-hydrogen) atoms. The summed E-state index contributed by atoms with van der Waals surface area (Å²) in [6.45, 7) is 5.97. The Kier molecular flexibility index (Phi) is 3.78. The van der Waals surface area contributed by atoms with Gasteiger partial charge in [-0.15, -0.1) is 0 Å². The van der Waals surface area contributed by atoms with E-state index in [9.17, 15) is 0 Å². The van der Waals surface area contributed by atoms with Crippen molar-refractivity contribution in [3.8, 4) is 11.8 Å². The van der Waals surface area contributed by atoms with Crippen molar-refractivity contribution in [1.29, 1.82) is 5.26 Å². The van der Waals surface area contributed by atoms with Crippen LogP contribution in [0.3, 0.4) is 0 Å². The standard InChI is InChI=1S/C13H18N2O/c1-9(8-14)15(4)12-6-7-13(16-5)11(3)10(12)2/h6-7,9H,1-5H3. The summed E-state index contributed by atoms with van der Waals surface area (Å²) in [5.41, 5.74) is 3.35. The lowest BCUT2D eigenvalue weighted by atomic mass is 10.1. The van der Waals surface area contributed by atoms with Crippen molar-refractivity contribution in [2.45, 2.75) is 26.8 Å². The molecule has 0 aliphatic heterocycles. The average Bonchev–Trinajstić information content (AvgIpc) is 2.30. The summed E-state index contributed by atoms with van der Waals surface area (Å²) in [6, 6.07) is 6.04. The second-order valence-electron chi connectivity index (χ2n) is 3.95. The van der Waals surface area contributed by atoms with Crippen molar-refractivity contribution >= 4 is 5.69 Å². The Bertz CT molecular complexity index is 421. The molecule has 0 saturated heterocycles. The summed E-state index contributed by atoms with van der Waals surface area (Å²) in [6.07, 6.45) is 0. The molecular formula is C13H18N2O. The van der Waals surface area contributed by atoms with Gasteiger partial charge in [0.15, 0.2) is 0 Å². The Hall–Kier alpha value is -1.69. The van der Waals surface area contributed by atoms with Gasteiger partial charge in [0.2, 0.25) is 0 Å². The fourth-order valence-electron chi connectivity index (χ4n) is 1.68. The first-order valence-electron chi connectivity index (χ1n) is 5.29. The highest BCUT2D eigenvalue weighted by Gasteiger charge is 2.14. The highest BCUT2D eigenvalue weighted by molar-refractivity contribution is 5.60. The molecule has 1 unspecified atom stereocenters. The number of rotatable bonds is 3. The minimum absolute atomic E-state index is 0.133. The Balaban J connectivity index is 3.18. The molecular weight excluding hydrogens is 200 g/mol. The molecule has 1 rings (SSSR count). The predicted molar refractivity (Wildman–Crippen MR) is 65.9 cm³/mol. The molecule has 1 atom stereocenters. The number of nitrogens with zero attached hydrogens (tertiary/aromatic N) is 2. The number of anilines is 1. The normalized spacial score (nSPS) is 11.8. The third-order valence-electron chi connectivity index (χ3n) is 3.08. The van der Waals surface area contributed by atoms with Crippen LogP contribution in [0.15, 0.2) is 12.1 Å². The molecule has 0 amide bonds. The Labute approximate surface area is 97.3 Å². The molecule has 0 heterocycles. The Morgan fingerprint density at radius 3 is 2.44 bits per heavy atom. The van der Waals surface area contributed by atoms with E-state index in [1.165, 1.54) is 0 Å². The summed E-state index contributed by atoms with van der Waals surface area (Å²) in [4.78, 5) is 1.97. The van der Waals surface area contributed by atoms with Crippen LogP contribution >= 0.6 is 0 Å². The quantitative estimate of drug-likeness (QED) is 0.782. The van der Waals surface area contributed by atoms with Crippen molar-refractivity contribution in [3.63, 3.8) is 0 Å². The van der Waals surface area contributed by atoms with Crippen LogP contribution in [0, 0.1) is 25.2 Å². The van der Waals surface area contributed by atoms with Gasteiger partial charge in [-0.25, -0.2) is 0 Å². The summed E-state index contributed by atoms with van der Waals surface area (Å²) < 4.78 is 5.26. The Morgan fingerprint density at radius 2 is 1.94 bits per heavy atom. The number of benzene rings is 1. The molecule has 1 aromatic carbocycles. The largest absolute Gasteiger partial charge is 0.496 e. The van der Waals surface area contributed by atoms with Crippen molar-refractivity contribution in [2.24, 2.45) is 0 Å². The molecule has 0 aliphatic carbocycles. The van der Waals surface area contributed by atoms with Crippen molar-refractivity contribution in [3.05, 3.63) is 23.3 Å². The van der Waals surface area contributed by atoms with E-state index < -0.39 is 0 Å². The molecule has 0 radical (unpaired) electrons. The summed E-state index contributed by atoms with van der Waals surface area (Å²) in [5.74, 6) is 0.888. The lowest BCUT2D eigenvalue weighted by Crippen LogP contribution is -2.27. The second kappa shape index (κ2) is 4.89. The third kappa shape index (κ3) is 2.11. The summed E-state index contributed by atoms with van der Waals surface area (Å²) in [5, 5.41) is 8.91. The topological polar surface area (TPSA) is 36.3 Å². The van der Waals surface area contributed by atoms with E-state index in [2.05, 4.69) is 6.07 Å². The molecule has 3 heteroatoms.